The van der Waals surface area contributed by atoms with Crippen LogP contribution in [0.5, 0.6) is 0 Å². The van der Waals surface area contributed by atoms with Crippen LogP contribution in [0.4, 0.5) is 11.4 Å². The Morgan fingerprint density at radius 2 is 2.00 bits per heavy atom. The summed E-state index contributed by atoms with van der Waals surface area (Å²) >= 11 is 0. The number of rotatable bonds is 10. The van der Waals surface area contributed by atoms with Crippen LogP contribution in [-0.2, 0) is 13.1 Å². The molecule has 1 heterocycles. The summed E-state index contributed by atoms with van der Waals surface area (Å²) in [6.07, 6.45) is 6.53. The van der Waals surface area contributed by atoms with Crippen molar-refractivity contribution in [2.24, 2.45) is 0 Å². The highest BCUT2D eigenvalue weighted by molar-refractivity contribution is 5.48. The highest BCUT2D eigenvalue weighted by Gasteiger charge is 2.18. The molecule has 0 saturated carbocycles. The van der Waals surface area contributed by atoms with Crippen molar-refractivity contribution in [1.82, 2.24) is 4.57 Å². The zero-order chi connectivity index (χ0) is 19.2. The SMILES string of the molecule is C[N+](C)(C)CC(O)C[n+]1ccn(CCCNc2ccc([N+](=O)[O-])cc2)c1. The Labute approximate surface area is 154 Å². The number of aromatic nitrogens is 2. The van der Waals surface area contributed by atoms with Crippen molar-refractivity contribution in [2.75, 3.05) is 39.5 Å². The van der Waals surface area contributed by atoms with Crippen LogP contribution in [0.15, 0.2) is 43.0 Å². The number of nitrogens with zero attached hydrogens (tertiary/aromatic N) is 4. The maximum absolute atomic E-state index is 10.6. The summed E-state index contributed by atoms with van der Waals surface area (Å²) in [7, 11) is 6.20. The standard InChI is InChI=1S/C18H29N5O3/c1-23(2,3)14-18(24)13-21-12-11-20(15-21)10-4-9-19-16-5-7-17(8-6-16)22(25)26/h5-8,11-12,15,18-19,24H,4,9-10,13-14H2,1-3H3/q+2. The van der Waals surface area contributed by atoms with Gasteiger partial charge in [-0.3, -0.25) is 10.1 Å². The van der Waals surface area contributed by atoms with Crippen LogP contribution >= 0.6 is 0 Å². The van der Waals surface area contributed by atoms with E-state index in [1.54, 1.807) is 12.1 Å². The first-order valence-electron chi connectivity index (χ1n) is 8.74. The molecule has 8 heteroatoms. The summed E-state index contributed by atoms with van der Waals surface area (Å²) in [6, 6.07) is 6.44. The Hall–Kier alpha value is -2.45. The molecule has 1 unspecified atom stereocenters. The summed E-state index contributed by atoms with van der Waals surface area (Å²) < 4.78 is 4.83. The molecule has 0 amide bonds. The van der Waals surface area contributed by atoms with Gasteiger partial charge in [-0.15, -0.1) is 0 Å². The molecule has 0 aliphatic rings. The second-order valence-electron chi connectivity index (χ2n) is 7.56. The minimum atomic E-state index is -0.400. The van der Waals surface area contributed by atoms with Gasteiger partial charge in [-0.25, -0.2) is 9.13 Å². The molecule has 1 aromatic carbocycles. The van der Waals surface area contributed by atoms with Gasteiger partial charge in [0.2, 0.25) is 6.33 Å². The van der Waals surface area contributed by atoms with Crippen LogP contribution in [0, 0.1) is 10.1 Å². The number of nitro groups is 1. The topological polar surface area (TPSA) is 84.2 Å². The van der Waals surface area contributed by atoms with Gasteiger partial charge in [-0.05, 0) is 12.1 Å². The number of nitro benzene ring substituents is 1. The lowest BCUT2D eigenvalue weighted by Crippen LogP contribution is -2.47. The van der Waals surface area contributed by atoms with Crippen molar-refractivity contribution in [1.29, 1.82) is 0 Å². The predicted octanol–water partition coefficient (Wildman–Crippen LogP) is 1.25. The third kappa shape index (κ3) is 6.81. The van der Waals surface area contributed by atoms with Crippen molar-refractivity contribution >= 4 is 11.4 Å². The van der Waals surface area contributed by atoms with E-state index in [9.17, 15) is 15.2 Å². The lowest BCUT2D eigenvalue weighted by Gasteiger charge is -2.25. The first kappa shape index (κ1) is 19.9. The molecular weight excluding hydrogens is 334 g/mol. The minimum absolute atomic E-state index is 0.0971. The molecule has 8 nitrogen and oxygen atoms in total. The highest BCUT2D eigenvalue weighted by Crippen LogP contribution is 2.15. The van der Waals surface area contributed by atoms with E-state index < -0.39 is 4.92 Å². The third-order valence-corrected chi connectivity index (χ3v) is 3.93. The van der Waals surface area contributed by atoms with Gasteiger partial charge in [-0.2, -0.15) is 0 Å². The molecule has 1 aromatic heterocycles. The van der Waals surface area contributed by atoms with Crippen molar-refractivity contribution in [3.05, 3.63) is 53.1 Å². The predicted molar refractivity (Wildman–Crippen MR) is 99.7 cm³/mol. The Morgan fingerprint density at radius 3 is 2.62 bits per heavy atom. The van der Waals surface area contributed by atoms with Crippen LogP contribution < -0.4 is 9.88 Å². The molecule has 1 atom stereocenters. The molecule has 0 aliphatic heterocycles. The van der Waals surface area contributed by atoms with Gasteiger partial charge in [-0.1, -0.05) is 0 Å². The molecule has 0 fully saturated rings. The maximum atomic E-state index is 10.6. The molecule has 0 radical (unpaired) electrons. The Bertz CT molecular complexity index is 706. The van der Waals surface area contributed by atoms with Crippen molar-refractivity contribution in [3.63, 3.8) is 0 Å². The fourth-order valence-electron chi connectivity index (χ4n) is 2.81. The third-order valence-electron chi connectivity index (χ3n) is 3.93. The number of anilines is 1. The van der Waals surface area contributed by atoms with Gasteiger partial charge in [0.05, 0.1) is 32.6 Å². The van der Waals surface area contributed by atoms with Crippen LogP contribution in [0.1, 0.15) is 6.42 Å². The normalized spacial score (nSPS) is 12.8. The van der Waals surface area contributed by atoms with E-state index in [1.165, 1.54) is 12.1 Å². The van der Waals surface area contributed by atoms with Crippen LogP contribution in [0.3, 0.4) is 0 Å². The molecule has 2 N–H and O–H groups in total. The Balaban J connectivity index is 1.71. The van der Waals surface area contributed by atoms with E-state index in [4.69, 9.17) is 0 Å². The first-order valence-corrected chi connectivity index (χ1v) is 8.74. The molecule has 2 rings (SSSR count). The van der Waals surface area contributed by atoms with E-state index in [2.05, 4.69) is 31.0 Å². The molecule has 0 bridgehead atoms. The number of non-ortho nitro benzene ring substituents is 1. The average Bonchev–Trinajstić information content (AvgIpc) is 2.97. The minimum Gasteiger partial charge on any atom is -0.385 e. The second kappa shape index (κ2) is 8.77. The average molecular weight is 363 g/mol. The number of aliphatic hydroxyl groups excluding tert-OH is 1. The fourth-order valence-corrected chi connectivity index (χ4v) is 2.81. The van der Waals surface area contributed by atoms with Gasteiger partial charge in [0.15, 0.2) is 0 Å². The summed E-state index contributed by atoms with van der Waals surface area (Å²) in [4.78, 5) is 10.2. The molecule has 0 aliphatic carbocycles. The fraction of sp³-hybridized carbons (Fsp3) is 0.500. The zero-order valence-electron chi connectivity index (χ0n) is 15.7. The van der Waals surface area contributed by atoms with Gasteiger partial charge in [0, 0.05) is 30.8 Å². The summed E-state index contributed by atoms with van der Waals surface area (Å²) in [5, 5.41) is 24.0. The largest absolute Gasteiger partial charge is 0.385 e. The summed E-state index contributed by atoms with van der Waals surface area (Å²) in [6.45, 7) is 2.93. The van der Waals surface area contributed by atoms with E-state index in [0.717, 1.165) is 29.7 Å². The summed E-state index contributed by atoms with van der Waals surface area (Å²) in [5.74, 6) is 0. The number of benzene rings is 1. The van der Waals surface area contributed by atoms with Crippen LogP contribution in [-0.4, -0.2) is 59.4 Å². The van der Waals surface area contributed by atoms with Gasteiger partial charge >= 0.3 is 0 Å². The second-order valence-corrected chi connectivity index (χ2v) is 7.56. The van der Waals surface area contributed by atoms with E-state index in [0.29, 0.717) is 13.1 Å². The zero-order valence-corrected chi connectivity index (χ0v) is 15.7. The number of imidazole rings is 1. The number of quaternary nitrogens is 1. The van der Waals surface area contributed by atoms with E-state index in [-0.39, 0.29) is 11.8 Å². The maximum Gasteiger partial charge on any atom is 0.269 e. The molecule has 0 saturated heterocycles. The lowest BCUT2D eigenvalue weighted by atomic mass is 10.3. The number of aryl methyl sites for hydroxylation is 1. The number of nitrogens with one attached hydrogen (secondary N) is 1. The quantitative estimate of drug-likeness (QED) is 0.219. The van der Waals surface area contributed by atoms with Gasteiger partial charge in [0.1, 0.15) is 31.6 Å². The van der Waals surface area contributed by atoms with Crippen molar-refractivity contribution < 1.29 is 19.1 Å². The lowest BCUT2D eigenvalue weighted by molar-refractivity contribution is -0.877. The first-order chi connectivity index (χ1) is 12.2. The van der Waals surface area contributed by atoms with E-state index in [1.807, 2.05) is 23.3 Å². The Morgan fingerprint density at radius 1 is 1.31 bits per heavy atom. The number of aliphatic hydroxyl groups is 1. The molecular formula is C18H29N5O3+2. The Kier molecular flexibility index (Phi) is 6.70. The number of likely N-dealkylation sites (N-methyl/N-ethyl adjacent to an activating group) is 1. The molecule has 142 valence electrons. The van der Waals surface area contributed by atoms with Crippen LogP contribution in [0.25, 0.3) is 0 Å². The van der Waals surface area contributed by atoms with Crippen molar-refractivity contribution in [2.45, 2.75) is 25.6 Å². The monoisotopic (exact) mass is 363 g/mol. The van der Waals surface area contributed by atoms with Crippen LogP contribution in [0.2, 0.25) is 0 Å². The van der Waals surface area contributed by atoms with Crippen molar-refractivity contribution in [3.8, 4) is 0 Å². The summed E-state index contributed by atoms with van der Waals surface area (Å²) in [5.41, 5.74) is 0.974. The number of hydrogen-bond acceptors (Lipinski definition) is 4. The highest BCUT2D eigenvalue weighted by atomic mass is 16.6. The molecule has 2 aromatic rings. The van der Waals surface area contributed by atoms with E-state index >= 15 is 0 Å². The van der Waals surface area contributed by atoms with Gasteiger partial charge < -0.3 is 14.9 Å². The number of hydrogen-bond donors (Lipinski definition) is 2. The van der Waals surface area contributed by atoms with Gasteiger partial charge in [0.25, 0.3) is 5.69 Å². The molecule has 0 spiro atoms. The smallest absolute Gasteiger partial charge is 0.269 e. The molecule has 26 heavy (non-hydrogen) atoms.